The van der Waals surface area contributed by atoms with Gasteiger partial charge in [-0.3, -0.25) is 4.79 Å². The molecule has 88 valence electrons. The topological polar surface area (TPSA) is 37.3 Å². The van der Waals surface area contributed by atoms with Crippen molar-refractivity contribution in [3.63, 3.8) is 0 Å². The molecule has 16 heavy (non-hydrogen) atoms. The Labute approximate surface area is 92.9 Å². The lowest BCUT2D eigenvalue weighted by Gasteiger charge is -2.31. The van der Waals surface area contributed by atoms with Crippen molar-refractivity contribution in [2.24, 2.45) is 5.41 Å². The molecule has 1 aromatic rings. The molecule has 1 N–H and O–H groups in total. The second-order valence-electron chi connectivity index (χ2n) is 4.32. The van der Waals surface area contributed by atoms with Crippen molar-refractivity contribution in [3.8, 4) is 0 Å². The van der Waals surface area contributed by atoms with Gasteiger partial charge in [0.1, 0.15) is 5.41 Å². The van der Waals surface area contributed by atoms with E-state index in [2.05, 4.69) is 0 Å². The van der Waals surface area contributed by atoms with Gasteiger partial charge in [0.25, 0.3) is 5.92 Å². The fourth-order valence-corrected chi connectivity index (χ4v) is 1.40. The molecule has 4 heteroatoms. The quantitative estimate of drug-likeness (QED) is 0.862. The molecule has 0 aliphatic carbocycles. The van der Waals surface area contributed by atoms with Gasteiger partial charge in [-0.25, -0.2) is 8.78 Å². The lowest BCUT2D eigenvalue weighted by atomic mass is 9.80. The van der Waals surface area contributed by atoms with E-state index in [1.54, 1.807) is 19.1 Å². The van der Waals surface area contributed by atoms with Crippen LogP contribution in [0.25, 0.3) is 0 Å². The molecule has 1 rings (SSSR count). The van der Waals surface area contributed by atoms with Crippen LogP contribution < -0.4 is 0 Å². The van der Waals surface area contributed by atoms with Crippen LogP contribution >= 0.6 is 0 Å². The Kier molecular flexibility index (Phi) is 3.03. The lowest BCUT2D eigenvalue weighted by Crippen LogP contribution is -2.41. The minimum absolute atomic E-state index is 0.234. The first kappa shape index (κ1) is 12.6. The van der Waals surface area contributed by atoms with Crippen molar-refractivity contribution in [2.45, 2.75) is 26.7 Å². The highest BCUT2D eigenvalue weighted by Crippen LogP contribution is 2.45. The van der Waals surface area contributed by atoms with Gasteiger partial charge in [-0.1, -0.05) is 24.3 Å². The molecular weight excluding hydrogens is 214 g/mol. The SMILES string of the molecule is Cc1ccccc1C(F)(F)C(C)(C)C(=O)O. The third kappa shape index (κ3) is 1.79. The van der Waals surface area contributed by atoms with Gasteiger partial charge in [0.15, 0.2) is 0 Å². The van der Waals surface area contributed by atoms with E-state index in [-0.39, 0.29) is 5.56 Å². The average molecular weight is 228 g/mol. The van der Waals surface area contributed by atoms with Crippen molar-refractivity contribution in [2.75, 3.05) is 0 Å². The number of aliphatic carboxylic acids is 1. The van der Waals surface area contributed by atoms with Crippen LogP contribution in [0.3, 0.4) is 0 Å². The van der Waals surface area contributed by atoms with Crippen LogP contribution in [0.1, 0.15) is 25.0 Å². The van der Waals surface area contributed by atoms with Gasteiger partial charge in [0.2, 0.25) is 0 Å². The molecule has 0 unspecified atom stereocenters. The maximum absolute atomic E-state index is 14.1. The monoisotopic (exact) mass is 228 g/mol. The number of aryl methyl sites for hydroxylation is 1. The summed E-state index contributed by atoms with van der Waals surface area (Å²) in [5.41, 5.74) is -1.97. The number of rotatable bonds is 3. The van der Waals surface area contributed by atoms with Crippen LogP contribution in [0, 0.1) is 12.3 Å². The summed E-state index contributed by atoms with van der Waals surface area (Å²) < 4.78 is 28.1. The third-order valence-corrected chi connectivity index (χ3v) is 2.80. The van der Waals surface area contributed by atoms with E-state index in [0.29, 0.717) is 5.56 Å². The smallest absolute Gasteiger partial charge is 0.315 e. The number of hydrogen-bond donors (Lipinski definition) is 1. The number of carboxylic acid groups (broad SMARTS) is 1. The number of carboxylic acids is 1. The number of halogens is 2. The molecule has 2 nitrogen and oxygen atoms in total. The zero-order valence-electron chi connectivity index (χ0n) is 9.42. The average Bonchev–Trinajstić information content (AvgIpc) is 2.17. The molecular formula is C12H14F2O2. The van der Waals surface area contributed by atoms with E-state index in [9.17, 15) is 13.6 Å². The number of benzene rings is 1. The molecule has 0 saturated heterocycles. The summed E-state index contributed by atoms with van der Waals surface area (Å²) in [6.45, 7) is 3.60. The Morgan fingerprint density at radius 3 is 2.19 bits per heavy atom. The summed E-state index contributed by atoms with van der Waals surface area (Å²) in [6, 6.07) is 5.93. The molecule has 0 atom stereocenters. The maximum atomic E-state index is 14.1. The Morgan fingerprint density at radius 2 is 1.75 bits per heavy atom. The van der Waals surface area contributed by atoms with Gasteiger partial charge in [0, 0.05) is 5.56 Å². The first-order valence-corrected chi connectivity index (χ1v) is 4.88. The summed E-state index contributed by atoms with van der Waals surface area (Å²) in [4.78, 5) is 10.9. The molecule has 0 aromatic heterocycles. The zero-order valence-corrected chi connectivity index (χ0v) is 9.42. The van der Waals surface area contributed by atoms with Gasteiger partial charge in [-0.05, 0) is 26.3 Å². The molecule has 0 aliphatic rings. The van der Waals surface area contributed by atoms with Crippen LogP contribution in [0.4, 0.5) is 8.78 Å². The second-order valence-corrected chi connectivity index (χ2v) is 4.32. The maximum Gasteiger partial charge on any atom is 0.315 e. The van der Waals surface area contributed by atoms with Crippen LogP contribution in [0.5, 0.6) is 0 Å². The molecule has 0 aliphatic heterocycles. The van der Waals surface area contributed by atoms with E-state index in [1.165, 1.54) is 12.1 Å². The van der Waals surface area contributed by atoms with Crippen molar-refractivity contribution < 1.29 is 18.7 Å². The summed E-state index contributed by atoms with van der Waals surface area (Å²) in [5.74, 6) is -4.91. The van der Waals surface area contributed by atoms with E-state index in [0.717, 1.165) is 13.8 Å². The number of hydrogen-bond acceptors (Lipinski definition) is 1. The molecule has 0 bridgehead atoms. The molecule has 0 amide bonds. The molecule has 0 fully saturated rings. The van der Waals surface area contributed by atoms with Crippen LogP contribution in [0.15, 0.2) is 24.3 Å². The van der Waals surface area contributed by atoms with Crippen molar-refractivity contribution in [1.82, 2.24) is 0 Å². The van der Waals surface area contributed by atoms with Gasteiger partial charge in [0.05, 0.1) is 0 Å². The minimum atomic E-state index is -3.40. The first-order chi connectivity index (χ1) is 7.21. The Morgan fingerprint density at radius 1 is 1.25 bits per heavy atom. The molecule has 0 spiro atoms. The van der Waals surface area contributed by atoms with Crippen molar-refractivity contribution >= 4 is 5.97 Å². The Bertz CT molecular complexity index is 411. The standard InChI is InChI=1S/C12H14F2O2/c1-8-6-4-5-7-9(8)12(13,14)11(2,3)10(15)16/h4-7H,1-3H3,(H,15,16). The van der Waals surface area contributed by atoms with Gasteiger partial charge < -0.3 is 5.11 Å². The van der Waals surface area contributed by atoms with Crippen LogP contribution in [-0.4, -0.2) is 11.1 Å². The van der Waals surface area contributed by atoms with Crippen LogP contribution in [-0.2, 0) is 10.7 Å². The summed E-state index contributed by atoms with van der Waals surface area (Å²) in [7, 11) is 0. The highest BCUT2D eigenvalue weighted by atomic mass is 19.3. The predicted octanol–water partition coefficient (Wildman–Crippen LogP) is 3.20. The number of alkyl halides is 2. The molecule has 0 saturated carbocycles. The van der Waals surface area contributed by atoms with Gasteiger partial charge >= 0.3 is 5.97 Å². The van der Waals surface area contributed by atoms with Gasteiger partial charge in [-0.2, -0.15) is 0 Å². The largest absolute Gasteiger partial charge is 0.481 e. The van der Waals surface area contributed by atoms with Crippen molar-refractivity contribution in [1.29, 1.82) is 0 Å². The summed E-state index contributed by atoms with van der Waals surface area (Å²) in [6.07, 6.45) is 0. The summed E-state index contributed by atoms with van der Waals surface area (Å²) in [5, 5.41) is 8.85. The van der Waals surface area contributed by atoms with E-state index in [1.807, 2.05) is 0 Å². The van der Waals surface area contributed by atoms with Crippen LogP contribution in [0.2, 0.25) is 0 Å². The molecule has 0 heterocycles. The fourth-order valence-electron chi connectivity index (χ4n) is 1.40. The first-order valence-electron chi connectivity index (χ1n) is 4.88. The third-order valence-electron chi connectivity index (χ3n) is 2.80. The Hall–Kier alpha value is -1.45. The van der Waals surface area contributed by atoms with Gasteiger partial charge in [-0.15, -0.1) is 0 Å². The summed E-state index contributed by atoms with van der Waals surface area (Å²) >= 11 is 0. The fraction of sp³-hybridized carbons (Fsp3) is 0.417. The van der Waals surface area contributed by atoms with E-state index < -0.39 is 17.3 Å². The lowest BCUT2D eigenvalue weighted by molar-refractivity contribution is -0.175. The van der Waals surface area contributed by atoms with Crippen molar-refractivity contribution in [3.05, 3.63) is 35.4 Å². The highest BCUT2D eigenvalue weighted by Gasteiger charge is 2.54. The zero-order chi connectivity index (χ0) is 12.6. The van der Waals surface area contributed by atoms with E-state index >= 15 is 0 Å². The predicted molar refractivity (Wildman–Crippen MR) is 56.5 cm³/mol. The number of carbonyl (C=O) groups is 1. The molecule has 0 radical (unpaired) electrons. The minimum Gasteiger partial charge on any atom is -0.481 e. The highest BCUT2D eigenvalue weighted by molar-refractivity contribution is 5.75. The van der Waals surface area contributed by atoms with E-state index in [4.69, 9.17) is 5.11 Å². The molecule has 1 aromatic carbocycles. The Balaban J connectivity index is 3.32. The second kappa shape index (κ2) is 3.85. The normalized spacial score (nSPS) is 12.6.